The summed E-state index contributed by atoms with van der Waals surface area (Å²) in [4.78, 5) is 20.1. The average molecular weight is 225 g/mol. The number of rotatable bonds is 3. The lowest BCUT2D eigenvalue weighted by Crippen LogP contribution is -1.97. The highest BCUT2D eigenvalue weighted by Crippen LogP contribution is 2.25. The summed E-state index contributed by atoms with van der Waals surface area (Å²) in [6.07, 6.45) is 1.54. The first kappa shape index (κ1) is 11.8. The molecule has 0 amide bonds. The van der Waals surface area contributed by atoms with Crippen LogP contribution in [0.25, 0.3) is 6.08 Å². The standard InChI is InChI=1S/C10H8FNO4/c1-6-2-4-8(12(15)16)7(10(6)11)3-5-9(13)14/h2-5H,1H3,(H,13,14)/b5-3+. The fourth-order valence-electron chi connectivity index (χ4n) is 1.16. The lowest BCUT2D eigenvalue weighted by atomic mass is 10.1. The third-order valence-corrected chi connectivity index (χ3v) is 1.94. The Labute approximate surface area is 90.0 Å². The van der Waals surface area contributed by atoms with E-state index in [-0.39, 0.29) is 11.1 Å². The Balaban J connectivity index is 3.37. The minimum absolute atomic E-state index is 0.218. The van der Waals surface area contributed by atoms with Crippen molar-refractivity contribution in [3.05, 3.63) is 45.3 Å². The fraction of sp³-hybridized carbons (Fsp3) is 0.100. The van der Waals surface area contributed by atoms with Gasteiger partial charge in [-0.15, -0.1) is 0 Å². The van der Waals surface area contributed by atoms with Gasteiger partial charge in [-0.2, -0.15) is 0 Å². The maximum atomic E-state index is 13.5. The Morgan fingerprint density at radius 2 is 2.19 bits per heavy atom. The van der Waals surface area contributed by atoms with Crippen molar-refractivity contribution in [1.29, 1.82) is 0 Å². The van der Waals surface area contributed by atoms with Gasteiger partial charge in [0.15, 0.2) is 0 Å². The first-order valence-corrected chi connectivity index (χ1v) is 4.28. The van der Waals surface area contributed by atoms with Gasteiger partial charge in [0.2, 0.25) is 0 Å². The average Bonchev–Trinajstić information content (AvgIpc) is 2.19. The van der Waals surface area contributed by atoms with Crippen LogP contribution in [-0.2, 0) is 4.79 Å². The van der Waals surface area contributed by atoms with Crippen molar-refractivity contribution in [3.63, 3.8) is 0 Å². The van der Waals surface area contributed by atoms with Gasteiger partial charge in [0.1, 0.15) is 5.82 Å². The Morgan fingerprint density at radius 3 is 2.69 bits per heavy atom. The minimum atomic E-state index is -1.30. The van der Waals surface area contributed by atoms with E-state index in [0.717, 1.165) is 12.1 Å². The predicted molar refractivity (Wildman–Crippen MR) is 54.5 cm³/mol. The third kappa shape index (κ3) is 2.41. The number of halogens is 1. The molecule has 0 aromatic heterocycles. The molecule has 1 rings (SSSR count). The highest BCUT2D eigenvalue weighted by molar-refractivity contribution is 5.86. The predicted octanol–water partition coefficient (Wildman–Crippen LogP) is 2.14. The lowest BCUT2D eigenvalue weighted by molar-refractivity contribution is -0.385. The van der Waals surface area contributed by atoms with Gasteiger partial charge in [-0.3, -0.25) is 10.1 Å². The Morgan fingerprint density at radius 1 is 1.56 bits per heavy atom. The molecule has 0 aliphatic carbocycles. The Hall–Kier alpha value is -2.24. The van der Waals surface area contributed by atoms with Crippen LogP contribution in [0.4, 0.5) is 10.1 Å². The number of carboxylic acid groups (broad SMARTS) is 1. The van der Waals surface area contributed by atoms with E-state index in [1.54, 1.807) is 0 Å². The maximum absolute atomic E-state index is 13.5. The molecule has 6 heteroatoms. The normalized spacial score (nSPS) is 10.6. The van der Waals surface area contributed by atoms with Crippen LogP contribution < -0.4 is 0 Å². The minimum Gasteiger partial charge on any atom is -0.478 e. The van der Waals surface area contributed by atoms with Crippen LogP contribution in [0.3, 0.4) is 0 Å². The zero-order valence-corrected chi connectivity index (χ0v) is 8.31. The molecule has 0 radical (unpaired) electrons. The van der Waals surface area contributed by atoms with E-state index in [9.17, 15) is 19.3 Å². The van der Waals surface area contributed by atoms with Crippen molar-refractivity contribution in [2.45, 2.75) is 6.92 Å². The number of carboxylic acids is 1. The van der Waals surface area contributed by atoms with Crippen LogP contribution in [0, 0.1) is 22.9 Å². The molecule has 0 heterocycles. The highest BCUT2D eigenvalue weighted by atomic mass is 19.1. The first-order chi connectivity index (χ1) is 7.43. The molecule has 0 bridgehead atoms. The lowest BCUT2D eigenvalue weighted by Gasteiger charge is -2.01. The molecule has 0 spiro atoms. The summed E-state index contributed by atoms with van der Waals surface area (Å²) in [5.74, 6) is -2.08. The summed E-state index contributed by atoms with van der Waals surface area (Å²) in [7, 11) is 0. The van der Waals surface area contributed by atoms with Gasteiger partial charge in [0.25, 0.3) is 5.69 Å². The molecule has 0 atom stereocenters. The Kier molecular flexibility index (Phi) is 3.34. The van der Waals surface area contributed by atoms with Crippen LogP contribution >= 0.6 is 0 Å². The molecule has 84 valence electrons. The molecule has 0 aliphatic heterocycles. The number of nitro groups is 1. The molecule has 1 N–H and O–H groups in total. The summed E-state index contributed by atoms with van der Waals surface area (Å²) in [5, 5.41) is 19.0. The van der Waals surface area contributed by atoms with Crippen LogP contribution in [0.2, 0.25) is 0 Å². The summed E-state index contributed by atoms with van der Waals surface area (Å²) in [6.45, 7) is 1.44. The second-order valence-electron chi connectivity index (χ2n) is 3.06. The molecule has 0 saturated carbocycles. The van der Waals surface area contributed by atoms with E-state index >= 15 is 0 Å². The number of hydrogen-bond acceptors (Lipinski definition) is 3. The van der Waals surface area contributed by atoms with Gasteiger partial charge in [-0.1, -0.05) is 0 Å². The van der Waals surface area contributed by atoms with Crippen LogP contribution in [0.15, 0.2) is 18.2 Å². The number of hydrogen-bond donors (Lipinski definition) is 1. The largest absolute Gasteiger partial charge is 0.478 e. The second-order valence-corrected chi connectivity index (χ2v) is 3.06. The third-order valence-electron chi connectivity index (χ3n) is 1.94. The number of aryl methyl sites for hydroxylation is 1. The molecular formula is C10H8FNO4. The molecule has 5 nitrogen and oxygen atoms in total. The molecule has 1 aromatic rings. The topological polar surface area (TPSA) is 80.4 Å². The highest BCUT2D eigenvalue weighted by Gasteiger charge is 2.17. The van der Waals surface area contributed by atoms with Crippen molar-refractivity contribution in [2.24, 2.45) is 0 Å². The van der Waals surface area contributed by atoms with E-state index in [4.69, 9.17) is 5.11 Å². The van der Waals surface area contributed by atoms with Crippen LogP contribution in [0.5, 0.6) is 0 Å². The van der Waals surface area contributed by atoms with Gasteiger partial charge < -0.3 is 5.11 Å². The molecule has 1 aromatic carbocycles. The molecule has 0 saturated heterocycles. The van der Waals surface area contributed by atoms with E-state index in [2.05, 4.69) is 0 Å². The monoisotopic (exact) mass is 225 g/mol. The number of nitro benzene ring substituents is 1. The van der Waals surface area contributed by atoms with Gasteiger partial charge in [-0.25, -0.2) is 9.18 Å². The maximum Gasteiger partial charge on any atom is 0.328 e. The van der Waals surface area contributed by atoms with E-state index in [1.807, 2.05) is 0 Å². The van der Waals surface area contributed by atoms with Crippen molar-refractivity contribution >= 4 is 17.7 Å². The summed E-state index contributed by atoms with van der Waals surface area (Å²) in [5.41, 5.74) is -0.566. The van der Waals surface area contributed by atoms with Gasteiger partial charge in [-0.05, 0) is 24.6 Å². The SMILES string of the molecule is Cc1ccc([N+](=O)[O-])c(/C=C/C(=O)O)c1F. The first-order valence-electron chi connectivity index (χ1n) is 4.28. The molecule has 0 fully saturated rings. The fourth-order valence-corrected chi connectivity index (χ4v) is 1.16. The van der Waals surface area contributed by atoms with Gasteiger partial charge >= 0.3 is 5.97 Å². The molecule has 0 aliphatic rings. The zero-order chi connectivity index (χ0) is 12.3. The van der Waals surface area contributed by atoms with E-state index in [1.165, 1.54) is 13.0 Å². The Bertz CT molecular complexity index is 482. The van der Waals surface area contributed by atoms with E-state index < -0.39 is 22.4 Å². The summed E-state index contributed by atoms with van der Waals surface area (Å²) < 4.78 is 13.5. The number of aliphatic carboxylic acids is 1. The van der Waals surface area contributed by atoms with Gasteiger partial charge in [0, 0.05) is 12.1 Å². The molecular weight excluding hydrogens is 217 g/mol. The van der Waals surface area contributed by atoms with Crippen molar-refractivity contribution < 1.29 is 19.2 Å². The summed E-state index contributed by atoms with van der Waals surface area (Å²) in [6, 6.07) is 2.41. The van der Waals surface area contributed by atoms with Crippen molar-refractivity contribution in [1.82, 2.24) is 0 Å². The number of nitrogens with zero attached hydrogens (tertiary/aromatic N) is 1. The van der Waals surface area contributed by atoms with Crippen LogP contribution in [0.1, 0.15) is 11.1 Å². The molecule has 0 unspecified atom stereocenters. The zero-order valence-electron chi connectivity index (χ0n) is 8.31. The van der Waals surface area contributed by atoms with Crippen LogP contribution in [-0.4, -0.2) is 16.0 Å². The van der Waals surface area contributed by atoms with Crippen molar-refractivity contribution in [3.8, 4) is 0 Å². The van der Waals surface area contributed by atoms with Crippen molar-refractivity contribution in [2.75, 3.05) is 0 Å². The smallest absolute Gasteiger partial charge is 0.328 e. The summed E-state index contributed by atoms with van der Waals surface area (Å²) >= 11 is 0. The molecule has 16 heavy (non-hydrogen) atoms. The number of benzene rings is 1. The quantitative estimate of drug-likeness (QED) is 0.485. The van der Waals surface area contributed by atoms with Gasteiger partial charge in [0.05, 0.1) is 10.5 Å². The second kappa shape index (κ2) is 4.52. The number of carbonyl (C=O) groups is 1. The van der Waals surface area contributed by atoms with E-state index in [0.29, 0.717) is 6.08 Å².